The smallest absolute Gasteiger partial charge is 0.191 e. The van der Waals surface area contributed by atoms with E-state index in [2.05, 4.69) is 15.8 Å². The lowest BCUT2D eigenvalue weighted by atomic mass is 10.2. The van der Waals surface area contributed by atoms with Gasteiger partial charge in [0.2, 0.25) is 0 Å². The van der Waals surface area contributed by atoms with E-state index in [-0.39, 0.29) is 10.9 Å². The maximum Gasteiger partial charge on any atom is 0.191 e. The Kier molecular flexibility index (Phi) is 4.34. The second-order valence-corrected chi connectivity index (χ2v) is 5.30. The molecule has 6 heteroatoms. The van der Waals surface area contributed by atoms with Crippen molar-refractivity contribution in [3.63, 3.8) is 0 Å². The highest BCUT2D eigenvalue weighted by Crippen LogP contribution is 2.19. The molecule has 1 heterocycles. The summed E-state index contributed by atoms with van der Waals surface area (Å²) in [5.74, 6) is 0.266. The van der Waals surface area contributed by atoms with Crippen LogP contribution in [-0.4, -0.2) is 10.8 Å². The van der Waals surface area contributed by atoms with Crippen LogP contribution in [0.2, 0.25) is 0 Å². The number of hydrogen-bond acceptors (Lipinski definition) is 3. The number of rotatable bonds is 3. The van der Waals surface area contributed by atoms with Gasteiger partial charge in [0, 0.05) is 5.39 Å². The molecule has 116 valence electrons. The topological polar surface area (TPSA) is 49.6 Å². The van der Waals surface area contributed by atoms with Gasteiger partial charge in [-0.05, 0) is 43.4 Å². The minimum atomic E-state index is -0.380. The summed E-state index contributed by atoms with van der Waals surface area (Å²) in [6.07, 6.45) is 0. The lowest BCUT2D eigenvalue weighted by molar-refractivity contribution is 0.603. The summed E-state index contributed by atoms with van der Waals surface area (Å²) < 4.78 is 19.2. The van der Waals surface area contributed by atoms with Crippen LogP contribution in [0.1, 0.15) is 12.7 Å². The minimum Gasteiger partial charge on any atom is -0.455 e. The van der Waals surface area contributed by atoms with Crippen molar-refractivity contribution in [3.05, 3.63) is 66.2 Å². The fourth-order valence-electron chi connectivity index (χ4n) is 2.06. The van der Waals surface area contributed by atoms with Gasteiger partial charge in [0.1, 0.15) is 17.1 Å². The SMILES string of the molecule is C/C(=N/NC(=S)Nc1ccccc1F)c1cc2ccccc2o1. The molecular weight excluding hydrogens is 313 g/mol. The van der Waals surface area contributed by atoms with Gasteiger partial charge in [-0.25, -0.2) is 4.39 Å². The van der Waals surface area contributed by atoms with Crippen LogP contribution in [0.25, 0.3) is 11.0 Å². The molecule has 0 aliphatic carbocycles. The van der Waals surface area contributed by atoms with Crippen LogP contribution in [0.4, 0.5) is 10.1 Å². The first kappa shape index (κ1) is 15.2. The molecule has 0 amide bonds. The minimum absolute atomic E-state index is 0.200. The van der Waals surface area contributed by atoms with E-state index in [0.717, 1.165) is 11.0 Å². The van der Waals surface area contributed by atoms with Crippen molar-refractivity contribution in [2.45, 2.75) is 6.92 Å². The van der Waals surface area contributed by atoms with Gasteiger partial charge in [0.15, 0.2) is 10.9 Å². The number of thiocarbonyl (C=S) groups is 1. The van der Waals surface area contributed by atoms with Gasteiger partial charge in [-0.1, -0.05) is 30.3 Å². The van der Waals surface area contributed by atoms with Crippen LogP contribution in [0.5, 0.6) is 0 Å². The molecule has 0 fully saturated rings. The van der Waals surface area contributed by atoms with Gasteiger partial charge in [0.05, 0.1) is 5.69 Å². The molecule has 23 heavy (non-hydrogen) atoms. The third-order valence-electron chi connectivity index (χ3n) is 3.23. The summed E-state index contributed by atoms with van der Waals surface area (Å²) in [6, 6.07) is 15.9. The van der Waals surface area contributed by atoms with Gasteiger partial charge in [0.25, 0.3) is 0 Å². The van der Waals surface area contributed by atoms with Crippen molar-refractivity contribution in [1.82, 2.24) is 5.43 Å². The summed E-state index contributed by atoms with van der Waals surface area (Å²) in [6.45, 7) is 1.80. The maximum absolute atomic E-state index is 13.5. The molecule has 0 radical (unpaired) electrons. The number of anilines is 1. The fourth-order valence-corrected chi connectivity index (χ4v) is 2.22. The largest absolute Gasteiger partial charge is 0.455 e. The predicted octanol–water partition coefficient (Wildman–Crippen LogP) is 4.28. The number of hydrogen-bond donors (Lipinski definition) is 2. The summed E-state index contributed by atoms with van der Waals surface area (Å²) in [5, 5.41) is 8.12. The van der Waals surface area contributed by atoms with Crippen LogP contribution < -0.4 is 10.7 Å². The van der Waals surface area contributed by atoms with E-state index < -0.39 is 0 Å². The van der Waals surface area contributed by atoms with E-state index in [1.807, 2.05) is 30.3 Å². The first-order chi connectivity index (χ1) is 11.1. The lowest BCUT2D eigenvalue weighted by Crippen LogP contribution is -2.25. The van der Waals surface area contributed by atoms with E-state index in [1.54, 1.807) is 25.1 Å². The number of hydrazone groups is 1. The third kappa shape index (κ3) is 3.54. The molecule has 0 saturated carbocycles. The Hall–Kier alpha value is -2.73. The van der Waals surface area contributed by atoms with Gasteiger partial charge < -0.3 is 9.73 Å². The number of halogens is 1. The molecule has 0 unspecified atom stereocenters. The molecule has 0 aliphatic rings. The molecule has 4 nitrogen and oxygen atoms in total. The van der Waals surface area contributed by atoms with Crippen LogP contribution in [0.15, 0.2) is 64.1 Å². The van der Waals surface area contributed by atoms with Gasteiger partial charge in [-0.15, -0.1) is 0 Å². The Morgan fingerprint density at radius 2 is 1.87 bits per heavy atom. The first-order valence-corrected chi connectivity index (χ1v) is 7.39. The number of nitrogens with zero attached hydrogens (tertiary/aromatic N) is 1. The number of para-hydroxylation sites is 2. The van der Waals surface area contributed by atoms with Crippen molar-refractivity contribution in [2.24, 2.45) is 5.10 Å². The number of nitrogens with one attached hydrogen (secondary N) is 2. The van der Waals surface area contributed by atoms with Crippen LogP contribution in [0, 0.1) is 5.82 Å². The van der Waals surface area contributed by atoms with Crippen molar-refractivity contribution in [2.75, 3.05) is 5.32 Å². The Bertz CT molecular complexity index is 855. The quantitative estimate of drug-likeness (QED) is 0.428. The molecule has 0 atom stereocenters. The molecule has 1 aromatic heterocycles. The van der Waals surface area contributed by atoms with Crippen LogP contribution in [-0.2, 0) is 0 Å². The Balaban J connectivity index is 1.69. The second-order valence-electron chi connectivity index (χ2n) is 4.89. The van der Waals surface area contributed by atoms with Crippen molar-refractivity contribution in [1.29, 1.82) is 0 Å². The molecular formula is C17H14FN3OS. The number of benzene rings is 2. The Labute approximate surface area is 138 Å². The molecule has 0 bridgehead atoms. The summed E-state index contributed by atoms with van der Waals surface area (Å²) in [4.78, 5) is 0. The molecule has 0 aliphatic heterocycles. The summed E-state index contributed by atoms with van der Waals surface area (Å²) >= 11 is 5.10. The molecule has 3 aromatic rings. The predicted molar refractivity (Wildman–Crippen MR) is 94.2 cm³/mol. The summed E-state index contributed by atoms with van der Waals surface area (Å²) in [7, 11) is 0. The van der Waals surface area contributed by atoms with E-state index in [4.69, 9.17) is 16.6 Å². The van der Waals surface area contributed by atoms with Crippen LogP contribution >= 0.6 is 12.2 Å². The molecule has 2 N–H and O–H groups in total. The highest BCUT2D eigenvalue weighted by atomic mass is 32.1. The first-order valence-electron chi connectivity index (χ1n) is 6.98. The zero-order valence-corrected chi connectivity index (χ0v) is 13.2. The van der Waals surface area contributed by atoms with E-state index in [0.29, 0.717) is 17.2 Å². The normalized spacial score (nSPS) is 11.5. The van der Waals surface area contributed by atoms with Gasteiger partial charge in [-0.3, -0.25) is 5.43 Å². The fraction of sp³-hybridized carbons (Fsp3) is 0.0588. The van der Waals surface area contributed by atoms with E-state index in [1.165, 1.54) is 6.07 Å². The molecule has 0 spiro atoms. The maximum atomic E-state index is 13.5. The second kappa shape index (κ2) is 6.58. The van der Waals surface area contributed by atoms with Crippen molar-refractivity contribution < 1.29 is 8.81 Å². The van der Waals surface area contributed by atoms with Crippen LogP contribution in [0.3, 0.4) is 0 Å². The molecule has 3 rings (SSSR count). The highest BCUT2D eigenvalue weighted by molar-refractivity contribution is 7.80. The van der Waals surface area contributed by atoms with Crippen molar-refractivity contribution >= 4 is 39.7 Å². The highest BCUT2D eigenvalue weighted by Gasteiger charge is 2.07. The third-order valence-corrected chi connectivity index (χ3v) is 3.42. The molecule has 2 aromatic carbocycles. The summed E-state index contributed by atoms with van der Waals surface area (Å²) in [5.41, 5.74) is 4.41. The van der Waals surface area contributed by atoms with Gasteiger partial charge in [-0.2, -0.15) is 5.10 Å². The van der Waals surface area contributed by atoms with E-state index >= 15 is 0 Å². The number of fused-ring (bicyclic) bond motifs is 1. The van der Waals surface area contributed by atoms with Crippen molar-refractivity contribution in [3.8, 4) is 0 Å². The Morgan fingerprint density at radius 1 is 1.13 bits per heavy atom. The number of furan rings is 1. The molecule has 0 saturated heterocycles. The zero-order chi connectivity index (χ0) is 16.2. The zero-order valence-electron chi connectivity index (χ0n) is 12.3. The standard InChI is InChI=1S/C17H14FN3OS/c1-11(16-10-12-6-2-5-9-15(12)22-16)20-21-17(23)19-14-8-4-3-7-13(14)18/h2-10H,1H3,(H2,19,21,23)/b20-11-. The lowest BCUT2D eigenvalue weighted by Gasteiger charge is -2.08. The average Bonchev–Trinajstić information content (AvgIpc) is 2.99. The van der Waals surface area contributed by atoms with E-state index in [9.17, 15) is 4.39 Å². The monoisotopic (exact) mass is 327 g/mol. The van der Waals surface area contributed by atoms with Gasteiger partial charge >= 0.3 is 0 Å². The Morgan fingerprint density at radius 3 is 2.65 bits per heavy atom. The average molecular weight is 327 g/mol.